The molecule has 1 saturated carbocycles. The Morgan fingerprint density at radius 3 is 2.74 bits per heavy atom. The van der Waals surface area contributed by atoms with Crippen molar-refractivity contribution in [2.45, 2.75) is 56.0 Å². The lowest BCUT2D eigenvalue weighted by atomic mass is 10.1. The minimum Gasteiger partial charge on any atom is -0.462 e. The topological polar surface area (TPSA) is 116 Å². The summed E-state index contributed by atoms with van der Waals surface area (Å²) in [7, 11) is -1.72. The number of rotatable bonds is 8. The number of carbonyl (C=O) groups is 1. The first-order valence-electron chi connectivity index (χ1n) is 11.9. The Bertz CT molecular complexity index is 1410. The number of ether oxygens (including phenoxy) is 1. The lowest BCUT2D eigenvalue weighted by molar-refractivity contribution is 0.0507. The number of carbonyl (C=O) groups excluding carboxylic acids is 1. The second-order valence-corrected chi connectivity index (χ2v) is 11.2. The number of H-pyrrole nitrogens is 2. The number of fused-ring (bicyclic) bond motifs is 3. The van der Waals surface area contributed by atoms with Crippen molar-refractivity contribution in [3.8, 4) is 0 Å². The highest BCUT2D eigenvalue weighted by Gasteiger charge is 2.40. The Kier molecular flexibility index (Phi) is 5.99. The van der Waals surface area contributed by atoms with Gasteiger partial charge in [-0.05, 0) is 63.9 Å². The van der Waals surface area contributed by atoms with Crippen molar-refractivity contribution in [1.82, 2.24) is 19.2 Å². The molecule has 1 aliphatic carbocycles. The van der Waals surface area contributed by atoms with E-state index in [2.05, 4.69) is 14.9 Å². The minimum absolute atomic E-state index is 0.0251. The molecule has 0 radical (unpaired) electrons. The van der Waals surface area contributed by atoms with Gasteiger partial charge in [-0.1, -0.05) is 6.92 Å². The van der Waals surface area contributed by atoms with E-state index in [-0.39, 0.29) is 40.2 Å². The van der Waals surface area contributed by atoms with Crippen molar-refractivity contribution in [2.24, 2.45) is 0 Å². The summed E-state index contributed by atoms with van der Waals surface area (Å²) >= 11 is 0. The van der Waals surface area contributed by atoms with Crippen LogP contribution in [0.15, 0.2) is 34.1 Å². The first kappa shape index (κ1) is 23.1. The largest absolute Gasteiger partial charge is 0.462 e. The molecular formula is C24H30N4O5S. The van der Waals surface area contributed by atoms with Crippen LogP contribution < -0.4 is 5.56 Å². The number of likely N-dealkylation sites (N-methyl/N-ethyl adjacent to an activating group) is 1. The van der Waals surface area contributed by atoms with Crippen molar-refractivity contribution in [3.05, 3.63) is 40.3 Å². The molecule has 2 fully saturated rings. The molecule has 1 aliphatic heterocycles. The molecule has 2 aromatic heterocycles. The van der Waals surface area contributed by atoms with Crippen LogP contribution in [0.2, 0.25) is 0 Å². The van der Waals surface area contributed by atoms with Gasteiger partial charge in [-0.15, -0.1) is 0 Å². The fourth-order valence-corrected chi connectivity index (χ4v) is 6.61. The Hall–Kier alpha value is -2.69. The fourth-order valence-electron chi connectivity index (χ4n) is 4.86. The van der Waals surface area contributed by atoms with Gasteiger partial charge in [0.1, 0.15) is 5.52 Å². The Labute approximate surface area is 198 Å². The summed E-state index contributed by atoms with van der Waals surface area (Å²) in [6.07, 6.45) is 5.92. The minimum atomic E-state index is -3.76. The number of benzene rings is 1. The maximum Gasteiger partial charge on any atom is 0.340 e. The Balaban J connectivity index is 1.60. The van der Waals surface area contributed by atoms with E-state index >= 15 is 0 Å². The van der Waals surface area contributed by atoms with E-state index in [4.69, 9.17) is 4.74 Å². The zero-order valence-electron chi connectivity index (χ0n) is 19.5. The van der Waals surface area contributed by atoms with Crippen LogP contribution >= 0.6 is 0 Å². The highest BCUT2D eigenvalue weighted by atomic mass is 32.2. The number of nitrogens with one attached hydrogen (secondary N) is 2. The summed E-state index contributed by atoms with van der Waals surface area (Å²) in [6.45, 7) is 3.61. The smallest absolute Gasteiger partial charge is 0.340 e. The molecule has 34 heavy (non-hydrogen) atoms. The van der Waals surface area contributed by atoms with Crippen LogP contribution in [0.5, 0.6) is 0 Å². The zero-order valence-corrected chi connectivity index (χ0v) is 20.3. The quantitative estimate of drug-likeness (QED) is 0.473. The molecule has 0 unspecified atom stereocenters. The Morgan fingerprint density at radius 2 is 2.06 bits per heavy atom. The predicted octanol–water partition coefficient (Wildman–Crippen LogP) is 2.82. The van der Waals surface area contributed by atoms with Gasteiger partial charge in [0, 0.05) is 41.1 Å². The van der Waals surface area contributed by atoms with E-state index < -0.39 is 16.0 Å². The third-order valence-corrected chi connectivity index (χ3v) is 8.81. The Morgan fingerprint density at radius 1 is 1.26 bits per heavy atom. The van der Waals surface area contributed by atoms with Crippen LogP contribution in [0, 0.1) is 0 Å². The van der Waals surface area contributed by atoms with Crippen molar-refractivity contribution in [3.63, 3.8) is 0 Å². The summed E-state index contributed by atoms with van der Waals surface area (Å²) in [6, 6.07) is 4.95. The maximum absolute atomic E-state index is 13.8. The van der Waals surface area contributed by atoms with Crippen LogP contribution in [-0.4, -0.2) is 72.4 Å². The molecule has 182 valence electrons. The summed E-state index contributed by atoms with van der Waals surface area (Å²) in [5.41, 5.74) is 0.531. The molecule has 1 aromatic carbocycles. The summed E-state index contributed by atoms with van der Waals surface area (Å²) in [5, 5.41) is 0.875. The number of aromatic amines is 2. The third-order valence-electron chi connectivity index (χ3n) is 6.90. The maximum atomic E-state index is 13.8. The van der Waals surface area contributed by atoms with Gasteiger partial charge in [0.2, 0.25) is 10.0 Å². The molecule has 0 spiro atoms. The van der Waals surface area contributed by atoms with Crippen molar-refractivity contribution in [1.29, 1.82) is 0 Å². The SMILES string of the molecule is CCCOC(=O)c1c[nH]c2c(=O)[nH]c3ccc(S(=O)(=O)N(C[C@@H]4CCCN4C)C4CC4)cc3c12. The van der Waals surface area contributed by atoms with E-state index in [1.54, 1.807) is 16.4 Å². The van der Waals surface area contributed by atoms with Gasteiger partial charge in [-0.25, -0.2) is 13.2 Å². The lowest BCUT2D eigenvalue weighted by Gasteiger charge is -2.28. The molecule has 10 heteroatoms. The number of pyridine rings is 1. The number of sulfonamides is 1. The van der Waals surface area contributed by atoms with Crippen LogP contribution in [0.1, 0.15) is 49.4 Å². The summed E-state index contributed by atoms with van der Waals surface area (Å²) in [4.78, 5) is 33.3. The van der Waals surface area contributed by atoms with Crippen LogP contribution in [0.3, 0.4) is 0 Å². The normalized spacial score (nSPS) is 19.4. The molecule has 2 aliphatic rings. The van der Waals surface area contributed by atoms with Crippen molar-refractivity contribution < 1.29 is 17.9 Å². The number of nitrogens with zero attached hydrogens (tertiary/aromatic N) is 2. The van der Waals surface area contributed by atoms with Gasteiger partial charge in [0.05, 0.1) is 17.1 Å². The van der Waals surface area contributed by atoms with E-state index in [1.807, 2.05) is 14.0 Å². The lowest BCUT2D eigenvalue weighted by Crippen LogP contribution is -2.42. The van der Waals surface area contributed by atoms with Gasteiger partial charge in [0.15, 0.2) is 0 Å². The van der Waals surface area contributed by atoms with Crippen LogP contribution in [0.25, 0.3) is 21.8 Å². The molecule has 9 nitrogen and oxygen atoms in total. The first-order chi connectivity index (χ1) is 16.3. The van der Waals surface area contributed by atoms with Crippen molar-refractivity contribution in [2.75, 3.05) is 26.7 Å². The number of likely N-dealkylation sites (tertiary alicyclic amines) is 1. The second kappa shape index (κ2) is 8.83. The molecule has 3 heterocycles. The number of aromatic nitrogens is 2. The van der Waals surface area contributed by atoms with E-state index in [0.29, 0.717) is 29.3 Å². The highest BCUT2D eigenvalue weighted by Crippen LogP contribution is 2.35. The van der Waals surface area contributed by atoms with Gasteiger partial charge in [0.25, 0.3) is 5.56 Å². The predicted molar refractivity (Wildman–Crippen MR) is 130 cm³/mol. The first-order valence-corrected chi connectivity index (χ1v) is 13.3. The highest BCUT2D eigenvalue weighted by molar-refractivity contribution is 7.89. The average molecular weight is 487 g/mol. The molecule has 0 bridgehead atoms. The molecule has 1 atom stereocenters. The van der Waals surface area contributed by atoms with E-state index in [9.17, 15) is 18.0 Å². The van der Waals surface area contributed by atoms with Gasteiger partial charge < -0.3 is 19.6 Å². The summed E-state index contributed by atoms with van der Waals surface area (Å²) in [5.74, 6) is -0.544. The third kappa shape index (κ3) is 4.03. The van der Waals surface area contributed by atoms with Crippen molar-refractivity contribution >= 4 is 37.8 Å². The molecule has 0 amide bonds. The molecule has 5 rings (SSSR count). The van der Waals surface area contributed by atoms with E-state index in [0.717, 1.165) is 32.2 Å². The molecule has 1 saturated heterocycles. The summed E-state index contributed by atoms with van der Waals surface area (Å²) < 4.78 is 34.5. The molecular weight excluding hydrogens is 456 g/mol. The van der Waals surface area contributed by atoms with Crippen LogP contribution in [0.4, 0.5) is 0 Å². The van der Waals surface area contributed by atoms with Gasteiger partial charge in [-0.2, -0.15) is 4.31 Å². The number of hydrogen-bond acceptors (Lipinski definition) is 6. The monoisotopic (exact) mass is 486 g/mol. The average Bonchev–Trinajstić information content (AvgIpc) is 3.40. The molecule has 3 aromatic rings. The standard InChI is InChI=1S/C24H30N4O5S/c1-3-11-33-24(30)19-13-25-22-21(19)18-12-17(8-9-20(18)26-23(22)29)34(31,32)28(15-6-7-15)14-16-5-4-10-27(16)2/h8-9,12-13,15-16,25H,3-7,10-11,14H2,1-2H3,(H,26,29)/t16-/m0/s1. The van der Waals surface area contributed by atoms with Gasteiger partial charge >= 0.3 is 5.97 Å². The second-order valence-electron chi connectivity index (χ2n) is 9.33. The number of hydrogen-bond donors (Lipinski definition) is 2. The zero-order chi connectivity index (χ0) is 24.0. The molecule has 2 N–H and O–H groups in total. The number of esters is 1. The van der Waals surface area contributed by atoms with Gasteiger partial charge in [-0.3, -0.25) is 4.79 Å². The van der Waals surface area contributed by atoms with E-state index in [1.165, 1.54) is 12.3 Å². The fraction of sp³-hybridized carbons (Fsp3) is 0.500. The van der Waals surface area contributed by atoms with Crippen LogP contribution in [-0.2, 0) is 14.8 Å².